The van der Waals surface area contributed by atoms with E-state index in [1.807, 2.05) is 44.7 Å². The molecule has 5 aliphatic heterocycles. The Morgan fingerprint density at radius 3 is 0.927 bits per heavy atom. The van der Waals surface area contributed by atoms with E-state index < -0.39 is 16.2 Å². The average Bonchev–Trinajstić information content (AvgIpc) is 0.930. The molecule has 682 valence electrons. The van der Waals surface area contributed by atoms with Crippen LogP contribution in [0.3, 0.4) is 0 Å². The van der Waals surface area contributed by atoms with Gasteiger partial charge in [0.05, 0.1) is 46.5 Å². The fourth-order valence-electron chi connectivity index (χ4n) is 19.3. The molecule has 0 radical (unpaired) electrons. The van der Waals surface area contributed by atoms with Crippen LogP contribution in [-0.4, -0.2) is 306 Å². The van der Waals surface area contributed by atoms with Crippen molar-refractivity contribution in [1.29, 1.82) is 10.5 Å². The number of benzene rings is 3. The van der Waals surface area contributed by atoms with Gasteiger partial charge < -0.3 is 55.1 Å². The van der Waals surface area contributed by atoms with Crippen LogP contribution in [0.1, 0.15) is 224 Å². The molecular weight excluding hydrogens is 1600 g/mol. The van der Waals surface area contributed by atoms with Crippen LogP contribution in [0.25, 0.3) is 0 Å². The quantitative estimate of drug-likeness (QED) is 0.0845. The Morgan fingerprint density at radius 2 is 0.661 bits per heavy atom. The van der Waals surface area contributed by atoms with Crippen molar-refractivity contribution < 1.29 is 95.3 Å². The van der Waals surface area contributed by atoms with Crippen LogP contribution in [0.2, 0.25) is 0 Å². The predicted molar refractivity (Wildman–Crippen MR) is 465 cm³/mol. The summed E-state index contributed by atoms with van der Waals surface area (Å²) in [7, 11) is -3.76. The molecule has 3 aromatic carbocycles. The summed E-state index contributed by atoms with van der Waals surface area (Å²) in [6.07, 6.45) is 31.6. The zero-order chi connectivity index (χ0) is 84.2. The summed E-state index contributed by atoms with van der Waals surface area (Å²) in [6, 6.07) is 27.1. The molecule has 27 nitrogen and oxygen atoms in total. The van der Waals surface area contributed by atoms with E-state index in [9.17, 15) is 51.8 Å². The van der Waals surface area contributed by atoms with Crippen LogP contribution in [0.5, 0.6) is 5.75 Å². The largest absolute Gasteiger partial charge is 1.00 e. The number of aliphatic hydroxyl groups is 2. The minimum Gasteiger partial charge on any atom is -0.870 e. The van der Waals surface area contributed by atoms with Crippen LogP contribution in [0.15, 0.2) is 77.7 Å². The maximum atomic E-state index is 12.8. The van der Waals surface area contributed by atoms with Gasteiger partial charge in [0.25, 0.3) is 10.1 Å². The molecule has 0 spiro atoms. The minimum absolute atomic E-state index is 0. The Morgan fingerprint density at radius 1 is 0.387 bits per heavy atom. The van der Waals surface area contributed by atoms with Crippen LogP contribution in [-0.2, 0) is 47.8 Å². The third kappa shape index (κ3) is 28.2. The Kier molecular flexibility index (Phi) is 40.1. The van der Waals surface area contributed by atoms with E-state index in [4.69, 9.17) is 24.2 Å². The SMILES string of the molecule is C.CC(=O)OC1CC(C(=O)N2CCCN(C3CCC3)CC2)C1.Cc1ccc(S(=O)(=O)OC2CC(C(=O)N3CCCN(C4CCC4)CC3)C2)cc1.N#Cc1ccc(F)cc1.N#Cc1ccc(OC2CC(C(=O)N3CCCN(C4CCC4)CC3)C2)cc1.O.O=C(C1CC(O)C1)N1CCCN(C2CCC2)CC1.O=C(C1CC(O)C1)N1CCCN(C2CCC2)CC1.[Li+].[OH-]. The maximum absolute atomic E-state index is 12.8. The number of rotatable bonds is 16. The summed E-state index contributed by atoms with van der Waals surface area (Å²) in [5.74, 6) is 1.87. The number of aliphatic hydroxyl groups excluding tert-OH is 2. The molecule has 5 heterocycles. The second-order valence-corrected chi connectivity index (χ2v) is 38.4. The molecule has 10 saturated carbocycles. The van der Waals surface area contributed by atoms with E-state index in [0.717, 1.165) is 217 Å². The van der Waals surface area contributed by atoms with Crippen molar-refractivity contribution in [3.8, 4) is 17.9 Å². The number of aryl methyl sites for hydroxylation is 1. The predicted octanol–water partition coefficient (Wildman–Crippen LogP) is 6.81. The molecular formula is C94H142FLiN12O15S. The van der Waals surface area contributed by atoms with Crippen LogP contribution < -0.4 is 23.6 Å². The topological polar surface area (TPSA) is 346 Å². The smallest absolute Gasteiger partial charge is 0.870 e. The molecule has 0 atom stereocenters. The van der Waals surface area contributed by atoms with Gasteiger partial charge in [0.15, 0.2) is 0 Å². The summed E-state index contributed by atoms with van der Waals surface area (Å²) in [5.41, 5.74) is 2.12. The van der Waals surface area contributed by atoms with Crippen molar-refractivity contribution >= 4 is 45.6 Å². The second-order valence-electron chi connectivity index (χ2n) is 36.9. The molecule has 3 aromatic rings. The molecule has 18 rings (SSSR count). The van der Waals surface area contributed by atoms with Crippen molar-refractivity contribution in [3.63, 3.8) is 0 Å². The molecule has 30 heteroatoms. The van der Waals surface area contributed by atoms with Gasteiger partial charge >= 0.3 is 24.8 Å². The number of nitrogens with zero attached hydrogens (tertiary/aromatic N) is 12. The Hall–Kier alpha value is -6.66. The number of hydrogen-bond donors (Lipinski definition) is 2. The van der Waals surface area contributed by atoms with Gasteiger partial charge in [0.1, 0.15) is 23.8 Å². The molecule has 15 aliphatic rings. The first-order chi connectivity index (χ1) is 58.1. The number of hydrogen-bond acceptors (Lipinski definition) is 21. The van der Waals surface area contributed by atoms with E-state index in [1.54, 1.807) is 36.4 Å². The second kappa shape index (κ2) is 49.2. The molecule has 10 aliphatic carbocycles. The zero-order valence-corrected chi connectivity index (χ0v) is 74.2. The molecule has 124 heavy (non-hydrogen) atoms. The summed E-state index contributed by atoms with van der Waals surface area (Å²) in [5, 5.41) is 35.7. The number of esters is 1. The third-order valence-corrected chi connectivity index (χ3v) is 30.0. The van der Waals surface area contributed by atoms with Crippen LogP contribution in [0, 0.1) is 65.0 Å². The number of nitriles is 2. The number of carbonyl (C=O) groups is 6. The first kappa shape index (κ1) is 101. The van der Waals surface area contributed by atoms with E-state index >= 15 is 0 Å². The molecule has 15 fully saturated rings. The van der Waals surface area contributed by atoms with Crippen molar-refractivity contribution in [3.05, 3.63) is 95.3 Å². The first-order valence-electron chi connectivity index (χ1n) is 46.1. The normalized spacial score (nSPS) is 27.7. The summed E-state index contributed by atoms with van der Waals surface area (Å²) in [4.78, 5) is 96.6. The maximum Gasteiger partial charge on any atom is 1.00 e. The monoisotopic (exact) mass is 1740 g/mol. The van der Waals surface area contributed by atoms with Gasteiger partial charge in [-0.2, -0.15) is 18.9 Å². The van der Waals surface area contributed by atoms with E-state index in [0.29, 0.717) is 68.4 Å². The molecule has 5 amide bonds. The van der Waals surface area contributed by atoms with Gasteiger partial charge in [-0.3, -0.25) is 57.4 Å². The van der Waals surface area contributed by atoms with Gasteiger partial charge in [-0.1, -0.05) is 57.2 Å². The summed E-state index contributed by atoms with van der Waals surface area (Å²) >= 11 is 0. The van der Waals surface area contributed by atoms with Crippen LogP contribution in [0.4, 0.5) is 4.39 Å². The molecule has 5 N–H and O–H groups in total. The standard InChI is InChI=1S/C21H27N3O2.C21H30N2O4S.C16H26N2O3.2C14H24N2O2.C7H4FN.CH4.Li.2H2O/c22-15-16-5-7-19(8-6-16)26-20-13-17(14-20)21(25)24-10-2-9-23(11-12-24)18-3-1-4-18;1-16-6-8-20(9-7-16)28(25,26)27-19-14-17(15-19)21(24)23-11-3-10-22(12-13-23)18-4-2-5-18;1-12(19)21-15-10-13(11-15)16(20)18-7-3-6-17(8-9-18)14-4-2-5-14;2*17-13-9-11(10-13)14(18)16-6-2-5-15(7-8-16)12-3-1-4-12;8-7-3-1-6(5-9)2-4-7;;;;/h5-8,17-18,20H,1-4,9-14H2;6-9,17-19H,2-5,10-15H2,1H3;13-15H,2-11H2,1H3;2*11-13,17H,1-10H2;1-4H;1H4;;2*1H2/q;;;;;;;+1;;/p-1. The molecule has 0 aromatic heterocycles. The van der Waals surface area contributed by atoms with Crippen molar-refractivity contribution in [2.45, 2.75) is 280 Å². The Labute approximate surface area is 749 Å². The summed E-state index contributed by atoms with van der Waals surface area (Å²) in [6.45, 7) is 22.9. The van der Waals surface area contributed by atoms with Crippen molar-refractivity contribution in [2.75, 3.05) is 131 Å². The van der Waals surface area contributed by atoms with Gasteiger partial charge in [-0.05, 0) is 228 Å². The minimum atomic E-state index is -3.76. The Bertz CT molecular complexity index is 3960. The van der Waals surface area contributed by atoms with Crippen LogP contribution >= 0.6 is 0 Å². The third-order valence-electron chi connectivity index (χ3n) is 28.6. The Balaban J connectivity index is 0.000000171. The number of amides is 5. The average molecular weight is 1740 g/mol. The molecule has 0 bridgehead atoms. The fraction of sp³-hybridized carbons (Fsp3) is 0.723. The van der Waals surface area contributed by atoms with E-state index in [-0.39, 0.29) is 132 Å². The van der Waals surface area contributed by atoms with Gasteiger partial charge in [0, 0.05) is 198 Å². The van der Waals surface area contributed by atoms with Crippen molar-refractivity contribution in [2.24, 2.45) is 29.6 Å². The first-order valence-corrected chi connectivity index (χ1v) is 47.5. The number of carbonyl (C=O) groups excluding carboxylic acids is 6. The number of ether oxygens (including phenoxy) is 2. The van der Waals surface area contributed by atoms with Gasteiger partial charge in [0.2, 0.25) is 29.5 Å². The fourth-order valence-corrected chi connectivity index (χ4v) is 20.4. The van der Waals surface area contributed by atoms with E-state index in [2.05, 4.69) is 35.5 Å². The van der Waals surface area contributed by atoms with E-state index in [1.165, 1.54) is 128 Å². The van der Waals surface area contributed by atoms with Gasteiger partial charge in [-0.25, -0.2) is 4.39 Å². The number of halogens is 1. The zero-order valence-electron chi connectivity index (χ0n) is 73.4. The van der Waals surface area contributed by atoms with Crippen molar-refractivity contribution in [1.82, 2.24) is 49.0 Å². The molecule has 0 unspecified atom stereocenters. The van der Waals surface area contributed by atoms with Gasteiger partial charge in [-0.15, -0.1) is 0 Å². The molecule has 5 saturated heterocycles. The summed E-state index contributed by atoms with van der Waals surface area (Å²) < 4.78 is 53.3.